The van der Waals surface area contributed by atoms with Crippen molar-refractivity contribution in [2.24, 2.45) is 4.99 Å². The summed E-state index contributed by atoms with van der Waals surface area (Å²) < 4.78 is 0. The third-order valence-electron chi connectivity index (χ3n) is 5.59. The van der Waals surface area contributed by atoms with Gasteiger partial charge in [0.1, 0.15) is 0 Å². The number of allylic oxidation sites excluding steroid dienone is 1. The number of para-hydroxylation sites is 2. The van der Waals surface area contributed by atoms with Crippen LogP contribution >= 0.6 is 0 Å². The third-order valence-corrected chi connectivity index (χ3v) is 5.59. The van der Waals surface area contributed by atoms with E-state index in [4.69, 9.17) is 0 Å². The quantitative estimate of drug-likeness (QED) is 0.583. The highest BCUT2D eigenvalue weighted by Gasteiger charge is 2.21. The lowest BCUT2D eigenvalue weighted by molar-refractivity contribution is -0.112. The fourth-order valence-corrected chi connectivity index (χ4v) is 4.20. The first kappa shape index (κ1) is 18.9. The summed E-state index contributed by atoms with van der Waals surface area (Å²) in [7, 11) is 0. The highest BCUT2D eigenvalue weighted by molar-refractivity contribution is 6.22. The van der Waals surface area contributed by atoms with Crippen LogP contribution in [0.3, 0.4) is 0 Å². The second-order valence-electron chi connectivity index (χ2n) is 7.56. The van der Waals surface area contributed by atoms with Crippen LogP contribution in [0.2, 0.25) is 0 Å². The number of Topliss-reactive ketones (excluding diaryl/α,β-unsaturated/α-hetero) is 2. The van der Waals surface area contributed by atoms with Gasteiger partial charge in [0.25, 0.3) is 0 Å². The summed E-state index contributed by atoms with van der Waals surface area (Å²) in [5.41, 5.74) is 3.85. The van der Waals surface area contributed by atoms with Crippen molar-refractivity contribution in [1.29, 1.82) is 0 Å². The monoisotopic (exact) mass is 404 g/mol. The van der Waals surface area contributed by atoms with Gasteiger partial charge in [0, 0.05) is 18.0 Å². The first-order chi connectivity index (χ1) is 15.2. The first-order valence-corrected chi connectivity index (χ1v) is 10.2. The number of rotatable bonds is 0. The van der Waals surface area contributed by atoms with Gasteiger partial charge in [-0.25, -0.2) is 0 Å². The minimum atomic E-state index is -0.0948. The van der Waals surface area contributed by atoms with E-state index in [-0.39, 0.29) is 18.0 Å². The zero-order valence-electron chi connectivity index (χ0n) is 16.8. The number of hydrogen-bond acceptors (Lipinski definition) is 4. The number of benzene rings is 3. The van der Waals surface area contributed by atoms with Crippen LogP contribution in [0.4, 0.5) is 11.4 Å². The van der Waals surface area contributed by atoms with E-state index in [9.17, 15) is 9.59 Å². The van der Waals surface area contributed by atoms with Crippen molar-refractivity contribution in [3.05, 3.63) is 105 Å². The van der Waals surface area contributed by atoms with E-state index in [0.717, 1.165) is 39.4 Å². The Balaban J connectivity index is 0.000000157. The highest BCUT2D eigenvalue weighted by Crippen LogP contribution is 2.24. The number of carbonyl (C=O) groups excluding carboxylic acids is 2. The van der Waals surface area contributed by atoms with Gasteiger partial charge in [-0.1, -0.05) is 54.6 Å². The Bertz CT molecular complexity index is 1500. The average Bonchev–Trinajstić information content (AvgIpc) is 3.04. The summed E-state index contributed by atoms with van der Waals surface area (Å²) in [6, 6.07) is 20.1. The lowest BCUT2D eigenvalue weighted by Crippen LogP contribution is -2.27. The molecule has 0 fully saturated rings. The van der Waals surface area contributed by atoms with E-state index in [1.165, 1.54) is 10.4 Å². The molecular formula is C27H20N2O2. The van der Waals surface area contributed by atoms with Crippen LogP contribution in [0, 0.1) is 10.4 Å². The Hall–Kier alpha value is -4.05. The lowest BCUT2D eigenvalue weighted by atomic mass is 9.88. The average molecular weight is 404 g/mol. The molecule has 0 spiro atoms. The number of hydrogen-bond donors (Lipinski definition) is 1. The number of nitrogens with zero attached hydrogens (tertiary/aromatic N) is 1. The standard InChI is InChI=1S/C18H12O2.C9H8N2/c19-13-9-12-6-7-15-14-4-2-1-3-11(14)5-8-16(15)18(12)17(20)10-13;1-2-5-9-8(4-1)10-6-3-7-11-9/h1-7,9H,8,10H2;1-7,10H. The zero-order chi connectivity index (χ0) is 21.2. The lowest BCUT2D eigenvalue weighted by Gasteiger charge is -2.14. The molecule has 4 heteroatoms. The molecule has 0 bridgehead atoms. The molecule has 150 valence electrons. The molecule has 0 atom stereocenters. The summed E-state index contributed by atoms with van der Waals surface area (Å²) in [5, 5.41) is 7.40. The fraction of sp³-hybridized carbons (Fsp3) is 0.0741. The van der Waals surface area contributed by atoms with E-state index in [1.807, 2.05) is 60.8 Å². The van der Waals surface area contributed by atoms with Gasteiger partial charge in [0.2, 0.25) is 0 Å². The van der Waals surface area contributed by atoms with Crippen molar-refractivity contribution in [2.45, 2.75) is 12.8 Å². The van der Waals surface area contributed by atoms with Gasteiger partial charge >= 0.3 is 0 Å². The van der Waals surface area contributed by atoms with Crippen LogP contribution in [0.5, 0.6) is 0 Å². The number of nitrogens with one attached hydrogen (secondary N) is 1. The van der Waals surface area contributed by atoms with Crippen LogP contribution in [0.15, 0.2) is 77.9 Å². The first-order valence-electron chi connectivity index (χ1n) is 10.2. The van der Waals surface area contributed by atoms with Gasteiger partial charge in [0.05, 0.1) is 17.8 Å². The minimum Gasteiger partial charge on any atom is -0.360 e. The molecule has 2 aliphatic carbocycles. The number of anilines is 1. The van der Waals surface area contributed by atoms with Crippen molar-refractivity contribution in [3.8, 4) is 0 Å². The van der Waals surface area contributed by atoms with Gasteiger partial charge < -0.3 is 5.32 Å². The number of aliphatic imine (C=N–C) groups is 1. The van der Waals surface area contributed by atoms with Gasteiger partial charge in [-0.15, -0.1) is 0 Å². The van der Waals surface area contributed by atoms with Crippen LogP contribution < -0.4 is 15.8 Å². The highest BCUT2D eigenvalue weighted by atomic mass is 16.1. The van der Waals surface area contributed by atoms with Crippen LogP contribution in [-0.2, 0) is 11.2 Å². The number of carbonyl (C=O) groups is 2. The van der Waals surface area contributed by atoms with Crippen LogP contribution in [0.1, 0.15) is 22.3 Å². The molecule has 1 aliphatic heterocycles. The maximum atomic E-state index is 12.2. The molecule has 0 unspecified atom stereocenters. The fourth-order valence-electron chi connectivity index (χ4n) is 4.20. The minimum absolute atomic E-state index is 0.00506. The smallest absolute Gasteiger partial charge is 0.171 e. The Morgan fingerprint density at radius 1 is 0.839 bits per heavy atom. The van der Waals surface area contributed by atoms with Gasteiger partial charge in [-0.2, -0.15) is 0 Å². The van der Waals surface area contributed by atoms with Crippen molar-refractivity contribution in [1.82, 2.24) is 0 Å². The molecule has 1 heterocycles. The molecule has 0 saturated carbocycles. The zero-order valence-corrected chi connectivity index (χ0v) is 16.8. The van der Waals surface area contributed by atoms with Crippen molar-refractivity contribution in [2.75, 3.05) is 5.32 Å². The summed E-state index contributed by atoms with van der Waals surface area (Å²) in [6.07, 6.45) is 10.0. The largest absolute Gasteiger partial charge is 0.360 e. The van der Waals surface area contributed by atoms with Crippen LogP contribution in [-0.4, -0.2) is 17.8 Å². The molecule has 1 N–H and O–H groups in total. The molecule has 0 aromatic heterocycles. The third kappa shape index (κ3) is 3.64. The van der Waals surface area contributed by atoms with E-state index >= 15 is 0 Å². The molecule has 0 radical (unpaired) electrons. The summed E-state index contributed by atoms with van der Waals surface area (Å²) in [4.78, 5) is 28.0. The molecule has 3 aromatic rings. The van der Waals surface area contributed by atoms with Gasteiger partial charge in [-0.3, -0.25) is 14.6 Å². The molecule has 4 nitrogen and oxygen atoms in total. The Morgan fingerprint density at radius 2 is 1.68 bits per heavy atom. The topological polar surface area (TPSA) is 58.5 Å². The molecule has 0 saturated heterocycles. The summed E-state index contributed by atoms with van der Waals surface area (Å²) >= 11 is 0. The van der Waals surface area contributed by atoms with E-state index in [2.05, 4.69) is 28.5 Å². The molecule has 3 aromatic carbocycles. The summed E-state index contributed by atoms with van der Waals surface area (Å²) in [5.74, 6) is -0.139. The molecule has 0 amide bonds. The van der Waals surface area contributed by atoms with Gasteiger partial charge in [0.15, 0.2) is 11.6 Å². The van der Waals surface area contributed by atoms with E-state index < -0.39 is 0 Å². The van der Waals surface area contributed by atoms with Crippen molar-refractivity contribution < 1.29 is 9.59 Å². The molecule has 3 aliphatic rings. The van der Waals surface area contributed by atoms with Gasteiger partial charge in [-0.05, 0) is 57.1 Å². The Labute approximate surface area is 179 Å². The maximum Gasteiger partial charge on any atom is 0.171 e. The van der Waals surface area contributed by atoms with E-state index in [1.54, 1.807) is 12.3 Å². The predicted molar refractivity (Wildman–Crippen MR) is 124 cm³/mol. The predicted octanol–water partition coefficient (Wildman–Crippen LogP) is 3.57. The number of fused-ring (bicyclic) bond motifs is 5. The normalized spacial score (nSPS) is 14.8. The molecule has 6 rings (SSSR count). The second-order valence-corrected chi connectivity index (χ2v) is 7.56. The molecule has 31 heavy (non-hydrogen) atoms. The summed E-state index contributed by atoms with van der Waals surface area (Å²) in [6.45, 7) is 0. The maximum absolute atomic E-state index is 12.2. The number of ketones is 2. The van der Waals surface area contributed by atoms with Crippen LogP contribution in [0.25, 0.3) is 12.2 Å². The second kappa shape index (κ2) is 8.00. The Morgan fingerprint density at radius 3 is 2.61 bits per heavy atom. The van der Waals surface area contributed by atoms with Crippen molar-refractivity contribution >= 4 is 41.3 Å². The molecular weight excluding hydrogens is 384 g/mol. The van der Waals surface area contributed by atoms with Crippen molar-refractivity contribution in [3.63, 3.8) is 0 Å². The SMILES string of the molecule is C1=CNc2ccccc2N=C1.O=C1C=c2ccc3c(c2C(=O)C1)CC=c1ccccc1=3. The Kier molecular flexibility index (Phi) is 4.89. The van der Waals surface area contributed by atoms with E-state index in [0.29, 0.717) is 0 Å².